The SMILES string of the molecule is O=C(O)c1ccccc1CS(=O)(=O)Nc1ccc(-c2ccc(C3(O)CC3F)cc2F)cc1. The fraction of sp³-hybridized carbons (Fsp3) is 0.174. The van der Waals surface area contributed by atoms with E-state index in [1.807, 2.05) is 0 Å². The molecule has 1 fully saturated rings. The van der Waals surface area contributed by atoms with Crippen LogP contribution in [0.5, 0.6) is 0 Å². The minimum Gasteiger partial charge on any atom is -0.478 e. The van der Waals surface area contributed by atoms with Crippen molar-refractivity contribution in [2.45, 2.75) is 23.9 Å². The van der Waals surface area contributed by atoms with Crippen LogP contribution >= 0.6 is 0 Å². The first-order chi connectivity index (χ1) is 15.1. The molecule has 166 valence electrons. The zero-order valence-electron chi connectivity index (χ0n) is 16.6. The zero-order valence-corrected chi connectivity index (χ0v) is 17.4. The zero-order chi connectivity index (χ0) is 23.1. The van der Waals surface area contributed by atoms with E-state index < -0.39 is 39.3 Å². The predicted molar refractivity (Wildman–Crippen MR) is 115 cm³/mol. The molecule has 0 heterocycles. The number of aliphatic hydroxyl groups is 1. The van der Waals surface area contributed by atoms with E-state index in [9.17, 15) is 32.2 Å². The molecular weight excluding hydrogens is 440 g/mol. The number of benzene rings is 3. The van der Waals surface area contributed by atoms with Crippen LogP contribution in [0.3, 0.4) is 0 Å². The molecular formula is C23H19F2NO5S. The number of nitrogens with one attached hydrogen (secondary N) is 1. The van der Waals surface area contributed by atoms with Crippen molar-refractivity contribution in [1.29, 1.82) is 0 Å². The van der Waals surface area contributed by atoms with E-state index in [4.69, 9.17) is 0 Å². The Morgan fingerprint density at radius 3 is 2.34 bits per heavy atom. The second-order valence-electron chi connectivity index (χ2n) is 7.69. The largest absolute Gasteiger partial charge is 0.478 e. The number of carbonyl (C=O) groups is 1. The van der Waals surface area contributed by atoms with Crippen molar-refractivity contribution < 1.29 is 32.2 Å². The normalized spacial score (nSPS) is 20.0. The van der Waals surface area contributed by atoms with Crippen LogP contribution in [0.25, 0.3) is 11.1 Å². The standard InChI is InChI=1S/C23H19F2NO5S/c24-20-11-16(23(29)12-21(23)25)7-10-18(20)14-5-8-17(9-6-14)26-32(30,31)13-15-3-1-2-4-19(15)22(27)28/h1-11,21,26,29H,12-13H2,(H,27,28). The number of halogens is 2. The van der Waals surface area contributed by atoms with Gasteiger partial charge in [0.2, 0.25) is 10.0 Å². The van der Waals surface area contributed by atoms with Crippen molar-refractivity contribution in [1.82, 2.24) is 0 Å². The van der Waals surface area contributed by atoms with Gasteiger partial charge in [-0.2, -0.15) is 0 Å². The average molecular weight is 459 g/mol. The summed E-state index contributed by atoms with van der Waals surface area (Å²) < 4.78 is 55.2. The molecule has 1 aliphatic rings. The van der Waals surface area contributed by atoms with Gasteiger partial charge >= 0.3 is 5.97 Å². The molecule has 0 spiro atoms. The van der Waals surface area contributed by atoms with Gasteiger partial charge in [-0.05, 0) is 41.0 Å². The van der Waals surface area contributed by atoms with Crippen LogP contribution in [0.4, 0.5) is 14.5 Å². The molecule has 6 nitrogen and oxygen atoms in total. The van der Waals surface area contributed by atoms with E-state index in [2.05, 4.69) is 4.72 Å². The molecule has 0 amide bonds. The van der Waals surface area contributed by atoms with Crippen LogP contribution in [0.15, 0.2) is 66.7 Å². The van der Waals surface area contributed by atoms with Crippen molar-refractivity contribution in [3.8, 4) is 11.1 Å². The second-order valence-corrected chi connectivity index (χ2v) is 9.41. The number of rotatable bonds is 7. The number of anilines is 1. The highest BCUT2D eigenvalue weighted by Gasteiger charge is 2.55. The number of carboxylic acids is 1. The fourth-order valence-electron chi connectivity index (χ4n) is 3.52. The van der Waals surface area contributed by atoms with Gasteiger partial charge in [-0.25, -0.2) is 22.0 Å². The maximum Gasteiger partial charge on any atom is 0.335 e. The number of sulfonamides is 1. The number of aromatic carboxylic acids is 1. The summed E-state index contributed by atoms with van der Waals surface area (Å²) in [6, 6.07) is 15.8. The Labute approximate surface area is 183 Å². The van der Waals surface area contributed by atoms with Gasteiger partial charge in [0, 0.05) is 17.7 Å². The molecule has 9 heteroatoms. The topological polar surface area (TPSA) is 104 Å². The highest BCUT2D eigenvalue weighted by atomic mass is 32.2. The van der Waals surface area contributed by atoms with Gasteiger partial charge in [-0.15, -0.1) is 0 Å². The lowest BCUT2D eigenvalue weighted by molar-refractivity contribution is 0.0696. The molecule has 0 aromatic heterocycles. The quantitative estimate of drug-likeness (QED) is 0.494. The molecule has 0 radical (unpaired) electrons. The Morgan fingerprint density at radius 1 is 1.09 bits per heavy atom. The number of hydrogen-bond acceptors (Lipinski definition) is 4. The van der Waals surface area contributed by atoms with Gasteiger partial charge in [-0.1, -0.05) is 42.5 Å². The monoisotopic (exact) mass is 459 g/mol. The predicted octanol–water partition coefficient (Wildman–Crippen LogP) is 4.06. The molecule has 4 rings (SSSR count). The third kappa shape index (κ3) is 4.35. The first-order valence-electron chi connectivity index (χ1n) is 9.68. The summed E-state index contributed by atoms with van der Waals surface area (Å²) in [6.45, 7) is 0. The van der Waals surface area contributed by atoms with Crippen LogP contribution in [0, 0.1) is 5.82 Å². The van der Waals surface area contributed by atoms with E-state index >= 15 is 0 Å². The number of alkyl halides is 1. The Hall–Kier alpha value is -3.30. The van der Waals surface area contributed by atoms with Gasteiger partial charge in [0.15, 0.2) is 0 Å². The molecule has 3 N–H and O–H groups in total. The summed E-state index contributed by atoms with van der Waals surface area (Å²) in [7, 11) is -3.90. The molecule has 1 saturated carbocycles. The van der Waals surface area contributed by atoms with Crippen LogP contribution < -0.4 is 4.72 Å². The summed E-state index contributed by atoms with van der Waals surface area (Å²) in [5.41, 5.74) is -0.476. The summed E-state index contributed by atoms with van der Waals surface area (Å²) in [5.74, 6) is -2.37. The highest BCUT2D eigenvalue weighted by Crippen LogP contribution is 2.48. The summed E-state index contributed by atoms with van der Waals surface area (Å²) >= 11 is 0. The van der Waals surface area contributed by atoms with Crippen LogP contribution in [-0.4, -0.2) is 30.8 Å². The smallest absolute Gasteiger partial charge is 0.335 e. The molecule has 32 heavy (non-hydrogen) atoms. The summed E-state index contributed by atoms with van der Waals surface area (Å²) in [4.78, 5) is 11.3. The van der Waals surface area contributed by atoms with Gasteiger partial charge in [0.1, 0.15) is 17.6 Å². The maximum atomic E-state index is 14.5. The van der Waals surface area contributed by atoms with Gasteiger partial charge in [-0.3, -0.25) is 4.72 Å². The van der Waals surface area contributed by atoms with E-state index in [-0.39, 0.29) is 34.4 Å². The van der Waals surface area contributed by atoms with Crippen molar-refractivity contribution >= 4 is 21.7 Å². The van der Waals surface area contributed by atoms with Crippen molar-refractivity contribution in [2.75, 3.05) is 4.72 Å². The Bertz CT molecular complexity index is 1290. The third-order valence-electron chi connectivity index (χ3n) is 5.38. The molecule has 1 aliphatic carbocycles. The molecule has 3 aromatic carbocycles. The van der Waals surface area contributed by atoms with Crippen LogP contribution in [0.1, 0.15) is 27.9 Å². The van der Waals surface area contributed by atoms with Gasteiger partial charge in [0.05, 0.1) is 11.3 Å². The van der Waals surface area contributed by atoms with Crippen LogP contribution in [-0.2, 0) is 21.4 Å². The van der Waals surface area contributed by atoms with E-state index in [1.165, 1.54) is 54.6 Å². The first-order valence-corrected chi connectivity index (χ1v) is 11.3. The maximum absolute atomic E-state index is 14.5. The minimum absolute atomic E-state index is 0.0580. The van der Waals surface area contributed by atoms with Crippen molar-refractivity contribution in [3.63, 3.8) is 0 Å². The lowest BCUT2D eigenvalue weighted by Crippen LogP contribution is -2.17. The molecule has 2 atom stereocenters. The summed E-state index contributed by atoms with van der Waals surface area (Å²) in [5, 5.41) is 19.2. The Kier molecular flexibility index (Phi) is 5.47. The molecule has 3 aromatic rings. The summed E-state index contributed by atoms with van der Waals surface area (Å²) in [6.07, 6.45) is -1.46. The lowest BCUT2D eigenvalue weighted by Gasteiger charge is -2.12. The van der Waals surface area contributed by atoms with Crippen molar-refractivity contribution in [2.24, 2.45) is 0 Å². The average Bonchev–Trinajstić information content (AvgIpc) is 3.36. The fourth-order valence-corrected chi connectivity index (χ4v) is 4.75. The third-order valence-corrected chi connectivity index (χ3v) is 6.62. The number of hydrogen-bond donors (Lipinski definition) is 3. The van der Waals surface area contributed by atoms with E-state index in [0.29, 0.717) is 5.56 Å². The number of carboxylic acid groups (broad SMARTS) is 1. The molecule has 0 saturated heterocycles. The highest BCUT2D eigenvalue weighted by molar-refractivity contribution is 7.91. The minimum atomic E-state index is -3.90. The van der Waals surface area contributed by atoms with E-state index in [0.717, 1.165) is 6.07 Å². The Balaban J connectivity index is 1.50. The second kappa shape index (κ2) is 7.99. The van der Waals surface area contributed by atoms with Gasteiger partial charge < -0.3 is 10.2 Å². The van der Waals surface area contributed by atoms with Crippen molar-refractivity contribution in [3.05, 3.63) is 89.2 Å². The Morgan fingerprint density at radius 2 is 1.75 bits per heavy atom. The lowest BCUT2D eigenvalue weighted by atomic mass is 10.00. The molecule has 2 unspecified atom stereocenters. The van der Waals surface area contributed by atoms with E-state index in [1.54, 1.807) is 6.07 Å². The molecule has 0 aliphatic heterocycles. The van der Waals surface area contributed by atoms with Crippen LogP contribution in [0.2, 0.25) is 0 Å². The molecule has 0 bridgehead atoms. The first kappa shape index (κ1) is 21.9. The van der Waals surface area contributed by atoms with Gasteiger partial charge in [0.25, 0.3) is 0 Å².